The number of anilines is 1. The van der Waals surface area contributed by atoms with Gasteiger partial charge in [-0.2, -0.15) is 0 Å². The van der Waals surface area contributed by atoms with Crippen molar-refractivity contribution in [3.63, 3.8) is 0 Å². The summed E-state index contributed by atoms with van der Waals surface area (Å²) in [5.41, 5.74) is 8.70. The van der Waals surface area contributed by atoms with Gasteiger partial charge in [-0.1, -0.05) is 5.21 Å². The Morgan fingerprint density at radius 3 is 2.88 bits per heavy atom. The number of rotatable bonds is 3. The van der Waals surface area contributed by atoms with Crippen LogP contribution in [0, 0.1) is 6.92 Å². The third-order valence-corrected chi connectivity index (χ3v) is 3.43. The fourth-order valence-electron chi connectivity index (χ4n) is 1.45. The van der Waals surface area contributed by atoms with E-state index in [9.17, 15) is 0 Å². The molecule has 0 spiro atoms. The Labute approximate surface area is 98.8 Å². The number of aryl methyl sites for hydroxylation is 2. The molecule has 0 saturated heterocycles. The molecule has 5 heteroatoms. The van der Waals surface area contributed by atoms with Crippen LogP contribution in [0.25, 0.3) is 0 Å². The maximum atomic E-state index is 5.70. The number of nitrogens with two attached hydrogens (primary N) is 1. The molecule has 4 nitrogen and oxygen atoms in total. The summed E-state index contributed by atoms with van der Waals surface area (Å²) in [5, 5.41) is 7.94. The van der Waals surface area contributed by atoms with Crippen molar-refractivity contribution >= 4 is 17.4 Å². The van der Waals surface area contributed by atoms with Crippen LogP contribution >= 0.6 is 11.8 Å². The molecule has 0 atom stereocenters. The Hall–Kier alpha value is -1.49. The Kier molecular flexibility index (Phi) is 3.14. The van der Waals surface area contributed by atoms with Crippen LogP contribution in [0.5, 0.6) is 0 Å². The van der Waals surface area contributed by atoms with Crippen molar-refractivity contribution in [2.45, 2.75) is 17.6 Å². The lowest BCUT2D eigenvalue weighted by atomic mass is 10.2. The SMILES string of the molecule is Cc1cc(N)ccc1SCc1cn(C)nn1. The van der Waals surface area contributed by atoms with Gasteiger partial charge in [0.25, 0.3) is 0 Å². The predicted molar refractivity (Wildman–Crippen MR) is 66.2 cm³/mol. The Balaban J connectivity index is 2.04. The van der Waals surface area contributed by atoms with Crippen LogP contribution in [0.3, 0.4) is 0 Å². The van der Waals surface area contributed by atoms with Crippen LogP contribution in [-0.2, 0) is 12.8 Å². The molecule has 0 saturated carbocycles. The molecule has 2 aromatic rings. The lowest BCUT2D eigenvalue weighted by Gasteiger charge is -2.04. The number of benzene rings is 1. The molecule has 16 heavy (non-hydrogen) atoms. The van der Waals surface area contributed by atoms with Gasteiger partial charge in [-0.3, -0.25) is 4.68 Å². The second-order valence-electron chi connectivity index (χ2n) is 3.70. The smallest absolute Gasteiger partial charge is 0.0929 e. The molecular formula is C11H14N4S. The van der Waals surface area contributed by atoms with Crippen molar-refractivity contribution < 1.29 is 0 Å². The van der Waals surface area contributed by atoms with Gasteiger partial charge in [0.2, 0.25) is 0 Å². The molecule has 0 aliphatic heterocycles. The fourth-order valence-corrected chi connectivity index (χ4v) is 2.33. The van der Waals surface area contributed by atoms with Gasteiger partial charge in [-0.25, -0.2) is 0 Å². The van der Waals surface area contributed by atoms with E-state index in [0.717, 1.165) is 17.1 Å². The van der Waals surface area contributed by atoms with Crippen LogP contribution in [0.15, 0.2) is 29.3 Å². The molecule has 2 N–H and O–H groups in total. The molecule has 0 aliphatic rings. The van der Waals surface area contributed by atoms with Crippen LogP contribution in [0.2, 0.25) is 0 Å². The summed E-state index contributed by atoms with van der Waals surface area (Å²) < 4.78 is 1.71. The highest BCUT2D eigenvalue weighted by Gasteiger charge is 2.03. The Bertz CT molecular complexity index is 492. The zero-order chi connectivity index (χ0) is 11.5. The van der Waals surface area contributed by atoms with Gasteiger partial charge in [-0.15, -0.1) is 16.9 Å². The van der Waals surface area contributed by atoms with Gasteiger partial charge >= 0.3 is 0 Å². The zero-order valence-corrected chi connectivity index (χ0v) is 10.2. The Morgan fingerprint density at radius 1 is 1.44 bits per heavy atom. The van der Waals surface area contributed by atoms with Gasteiger partial charge in [0.05, 0.1) is 5.69 Å². The molecule has 0 aliphatic carbocycles. The van der Waals surface area contributed by atoms with Crippen molar-refractivity contribution in [2.75, 3.05) is 5.73 Å². The van der Waals surface area contributed by atoms with Crippen molar-refractivity contribution in [1.29, 1.82) is 0 Å². The van der Waals surface area contributed by atoms with E-state index in [1.807, 2.05) is 31.4 Å². The van der Waals surface area contributed by atoms with E-state index < -0.39 is 0 Å². The second-order valence-corrected chi connectivity index (χ2v) is 4.71. The number of aromatic nitrogens is 3. The zero-order valence-electron chi connectivity index (χ0n) is 9.34. The summed E-state index contributed by atoms with van der Waals surface area (Å²) in [5.74, 6) is 0.832. The predicted octanol–water partition coefficient (Wildman–Crippen LogP) is 2.00. The fraction of sp³-hybridized carbons (Fsp3) is 0.273. The average molecular weight is 234 g/mol. The van der Waals surface area contributed by atoms with Crippen LogP contribution in [0.1, 0.15) is 11.3 Å². The van der Waals surface area contributed by atoms with E-state index in [1.165, 1.54) is 10.5 Å². The monoisotopic (exact) mass is 234 g/mol. The highest BCUT2D eigenvalue weighted by Crippen LogP contribution is 2.26. The van der Waals surface area contributed by atoms with Crippen LogP contribution in [-0.4, -0.2) is 15.0 Å². The average Bonchev–Trinajstić information content (AvgIpc) is 2.63. The first-order chi connectivity index (χ1) is 7.65. The maximum absolute atomic E-state index is 5.70. The number of thioether (sulfide) groups is 1. The minimum Gasteiger partial charge on any atom is -0.399 e. The summed E-state index contributed by atoms with van der Waals surface area (Å²) in [6, 6.07) is 5.96. The summed E-state index contributed by atoms with van der Waals surface area (Å²) in [7, 11) is 1.87. The van der Waals surface area contributed by atoms with Crippen LogP contribution < -0.4 is 5.73 Å². The van der Waals surface area contributed by atoms with Crippen molar-refractivity contribution in [1.82, 2.24) is 15.0 Å². The lowest BCUT2D eigenvalue weighted by Crippen LogP contribution is -1.88. The molecule has 1 aromatic heterocycles. The molecular weight excluding hydrogens is 220 g/mol. The van der Waals surface area contributed by atoms with E-state index in [4.69, 9.17) is 5.73 Å². The van der Waals surface area contributed by atoms with Gasteiger partial charge < -0.3 is 5.73 Å². The van der Waals surface area contributed by atoms with Gasteiger partial charge in [0.1, 0.15) is 0 Å². The molecule has 0 bridgehead atoms. The molecule has 84 valence electrons. The minimum absolute atomic E-state index is 0.807. The van der Waals surface area contributed by atoms with E-state index in [-0.39, 0.29) is 0 Å². The van der Waals surface area contributed by atoms with Crippen molar-refractivity contribution in [3.8, 4) is 0 Å². The first kappa shape index (κ1) is 11.0. The third kappa shape index (κ3) is 2.55. The highest BCUT2D eigenvalue weighted by atomic mass is 32.2. The van der Waals surface area contributed by atoms with Gasteiger partial charge in [0.15, 0.2) is 0 Å². The lowest BCUT2D eigenvalue weighted by molar-refractivity contribution is 0.714. The first-order valence-electron chi connectivity index (χ1n) is 4.99. The molecule has 0 radical (unpaired) electrons. The van der Waals surface area contributed by atoms with E-state index in [1.54, 1.807) is 16.4 Å². The molecule has 1 aromatic carbocycles. The summed E-state index contributed by atoms with van der Waals surface area (Å²) in [6.07, 6.45) is 1.93. The summed E-state index contributed by atoms with van der Waals surface area (Å²) in [4.78, 5) is 1.24. The normalized spacial score (nSPS) is 10.6. The first-order valence-corrected chi connectivity index (χ1v) is 5.98. The molecule has 0 fully saturated rings. The minimum atomic E-state index is 0.807. The van der Waals surface area contributed by atoms with Gasteiger partial charge in [0, 0.05) is 29.6 Å². The van der Waals surface area contributed by atoms with Gasteiger partial charge in [-0.05, 0) is 30.7 Å². The highest BCUT2D eigenvalue weighted by molar-refractivity contribution is 7.98. The topological polar surface area (TPSA) is 56.7 Å². The number of hydrogen-bond donors (Lipinski definition) is 1. The third-order valence-electron chi connectivity index (χ3n) is 2.22. The number of nitrogen functional groups attached to an aromatic ring is 1. The molecule has 0 amide bonds. The van der Waals surface area contributed by atoms with E-state index in [0.29, 0.717) is 0 Å². The number of nitrogens with zero attached hydrogens (tertiary/aromatic N) is 3. The summed E-state index contributed by atoms with van der Waals surface area (Å²) >= 11 is 1.75. The van der Waals surface area contributed by atoms with E-state index in [2.05, 4.69) is 17.2 Å². The standard InChI is InChI=1S/C11H14N4S/c1-8-5-9(12)3-4-11(8)16-7-10-6-15(2)14-13-10/h3-6H,7,12H2,1-2H3. The van der Waals surface area contributed by atoms with Crippen molar-refractivity contribution in [3.05, 3.63) is 35.7 Å². The Morgan fingerprint density at radius 2 is 2.25 bits per heavy atom. The largest absolute Gasteiger partial charge is 0.399 e. The van der Waals surface area contributed by atoms with Crippen LogP contribution in [0.4, 0.5) is 5.69 Å². The van der Waals surface area contributed by atoms with Crippen molar-refractivity contribution in [2.24, 2.45) is 7.05 Å². The summed E-state index contributed by atoms with van der Waals surface area (Å²) in [6.45, 7) is 2.06. The molecule has 1 heterocycles. The number of hydrogen-bond acceptors (Lipinski definition) is 4. The molecule has 2 rings (SSSR count). The quantitative estimate of drug-likeness (QED) is 0.652. The van der Waals surface area contributed by atoms with E-state index >= 15 is 0 Å². The second kappa shape index (κ2) is 4.57. The molecule has 0 unspecified atom stereocenters. The maximum Gasteiger partial charge on any atom is 0.0929 e.